The Morgan fingerprint density at radius 2 is 2.03 bits per heavy atom. The number of carbonyl (C=O) groups excluding carboxylic acids is 2. The summed E-state index contributed by atoms with van der Waals surface area (Å²) in [6, 6.07) is 4.99. The molecule has 2 amide bonds. The summed E-state index contributed by atoms with van der Waals surface area (Å²) in [4.78, 5) is 26.5. The number of hydrogen-bond acceptors (Lipinski definition) is 5. The number of rotatable bonds is 5. The maximum Gasteiger partial charge on any atom is 0.243 e. The van der Waals surface area contributed by atoms with Crippen LogP contribution in [0, 0.1) is 5.92 Å². The third kappa shape index (κ3) is 4.49. The van der Waals surface area contributed by atoms with Crippen molar-refractivity contribution in [3.05, 3.63) is 23.8 Å². The van der Waals surface area contributed by atoms with E-state index in [1.165, 1.54) is 11.2 Å². The number of sulfonamides is 1. The van der Waals surface area contributed by atoms with Gasteiger partial charge in [0, 0.05) is 44.9 Å². The summed E-state index contributed by atoms with van der Waals surface area (Å²) < 4.78 is 33.6. The molecule has 1 aromatic carbocycles. The molecule has 9 heteroatoms. The molecular weight excluding hydrogens is 418 g/mol. The molecule has 0 aromatic heterocycles. The highest BCUT2D eigenvalue weighted by atomic mass is 32.2. The zero-order valence-electron chi connectivity index (χ0n) is 18.2. The summed E-state index contributed by atoms with van der Waals surface area (Å²) in [5.74, 6) is -0.502. The van der Waals surface area contributed by atoms with Gasteiger partial charge in [-0.05, 0) is 62.8 Å². The minimum absolute atomic E-state index is 0.0114. The molecule has 4 rings (SSSR count). The topological polar surface area (TPSA) is 96.0 Å². The molecule has 1 aromatic rings. The molecule has 3 atom stereocenters. The van der Waals surface area contributed by atoms with Crippen molar-refractivity contribution in [1.29, 1.82) is 0 Å². The van der Waals surface area contributed by atoms with Crippen molar-refractivity contribution in [3.63, 3.8) is 0 Å². The quantitative estimate of drug-likeness (QED) is 0.738. The number of nitrogens with one attached hydrogen (secondary N) is 1. The summed E-state index contributed by atoms with van der Waals surface area (Å²) in [5.41, 5.74) is 1.65. The van der Waals surface area contributed by atoms with Crippen molar-refractivity contribution in [2.24, 2.45) is 5.92 Å². The van der Waals surface area contributed by atoms with E-state index in [2.05, 4.69) is 5.32 Å². The summed E-state index contributed by atoms with van der Waals surface area (Å²) in [5, 5.41) is 2.94. The van der Waals surface area contributed by atoms with E-state index in [4.69, 9.17) is 4.74 Å². The van der Waals surface area contributed by atoms with Gasteiger partial charge in [-0.1, -0.05) is 0 Å². The van der Waals surface area contributed by atoms with Crippen molar-refractivity contribution in [1.82, 2.24) is 9.62 Å². The van der Waals surface area contributed by atoms with Crippen LogP contribution in [0.1, 0.15) is 45.1 Å². The van der Waals surface area contributed by atoms with Crippen molar-refractivity contribution < 1.29 is 22.7 Å². The van der Waals surface area contributed by atoms with Gasteiger partial charge in [0.25, 0.3) is 0 Å². The Morgan fingerprint density at radius 3 is 2.74 bits per heavy atom. The Morgan fingerprint density at radius 1 is 1.23 bits per heavy atom. The summed E-state index contributed by atoms with van der Waals surface area (Å²) >= 11 is 0. The van der Waals surface area contributed by atoms with Gasteiger partial charge in [0.1, 0.15) is 0 Å². The lowest BCUT2D eigenvalue weighted by atomic mass is 9.99. The Bertz CT molecular complexity index is 958. The largest absolute Gasteiger partial charge is 0.376 e. The van der Waals surface area contributed by atoms with Crippen molar-refractivity contribution in [2.45, 2.75) is 63.0 Å². The second kappa shape index (κ2) is 8.88. The molecule has 3 heterocycles. The van der Waals surface area contributed by atoms with Gasteiger partial charge in [0.2, 0.25) is 21.8 Å². The van der Waals surface area contributed by atoms with E-state index in [9.17, 15) is 18.0 Å². The second-order valence-electron chi connectivity index (χ2n) is 8.82. The molecule has 3 aliphatic heterocycles. The highest BCUT2D eigenvalue weighted by Crippen LogP contribution is 2.35. The number of fused-ring (bicyclic) bond motifs is 1. The Hall–Kier alpha value is -1.97. The number of amides is 2. The smallest absolute Gasteiger partial charge is 0.243 e. The van der Waals surface area contributed by atoms with Gasteiger partial charge < -0.3 is 15.0 Å². The van der Waals surface area contributed by atoms with E-state index in [-0.39, 0.29) is 41.3 Å². The molecule has 31 heavy (non-hydrogen) atoms. The highest BCUT2D eigenvalue weighted by molar-refractivity contribution is 7.89. The first-order valence-electron chi connectivity index (χ1n) is 11.1. The van der Waals surface area contributed by atoms with Crippen LogP contribution in [0.2, 0.25) is 0 Å². The van der Waals surface area contributed by atoms with Crippen LogP contribution >= 0.6 is 0 Å². The van der Waals surface area contributed by atoms with Crippen molar-refractivity contribution >= 4 is 27.5 Å². The molecule has 2 fully saturated rings. The Balaban J connectivity index is 1.45. The molecule has 0 saturated carbocycles. The predicted molar refractivity (Wildman–Crippen MR) is 116 cm³/mol. The van der Waals surface area contributed by atoms with Crippen LogP contribution in [-0.2, 0) is 30.8 Å². The fraction of sp³-hybridized carbons (Fsp3) is 0.636. The first kappa shape index (κ1) is 22.2. The maximum absolute atomic E-state index is 13.3. The molecule has 170 valence electrons. The Labute approximate surface area is 184 Å². The fourth-order valence-corrected chi connectivity index (χ4v) is 6.51. The molecule has 8 nitrogen and oxygen atoms in total. The molecule has 3 aliphatic rings. The minimum atomic E-state index is -3.71. The zero-order valence-corrected chi connectivity index (χ0v) is 19.0. The van der Waals surface area contributed by atoms with Crippen LogP contribution in [-0.4, -0.2) is 62.9 Å². The molecule has 0 bridgehead atoms. The minimum Gasteiger partial charge on any atom is -0.376 e. The van der Waals surface area contributed by atoms with Crippen LogP contribution in [0.15, 0.2) is 23.1 Å². The van der Waals surface area contributed by atoms with E-state index in [0.717, 1.165) is 30.7 Å². The number of anilines is 1. The Kier molecular flexibility index (Phi) is 6.37. The number of nitrogens with zero attached hydrogens (tertiary/aromatic N) is 2. The molecule has 0 radical (unpaired) electrons. The van der Waals surface area contributed by atoms with E-state index in [0.29, 0.717) is 32.4 Å². The van der Waals surface area contributed by atoms with E-state index in [1.807, 2.05) is 6.92 Å². The van der Waals surface area contributed by atoms with Gasteiger partial charge >= 0.3 is 0 Å². The number of ether oxygens (including phenoxy) is 1. The number of piperidine rings is 1. The molecule has 0 aliphatic carbocycles. The van der Waals surface area contributed by atoms with Gasteiger partial charge in [-0.2, -0.15) is 4.31 Å². The van der Waals surface area contributed by atoms with Gasteiger partial charge in [-0.3, -0.25) is 9.59 Å². The van der Waals surface area contributed by atoms with Crippen molar-refractivity contribution in [2.75, 3.05) is 31.1 Å². The van der Waals surface area contributed by atoms with Crippen LogP contribution in [0.3, 0.4) is 0 Å². The average molecular weight is 450 g/mol. The van der Waals surface area contributed by atoms with Gasteiger partial charge in [-0.25, -0.2) is 8.42 Å². The number of carbonyl (C=O) groups is 2. The van der Waals surface area contributed by atoms with Crippen LogP contribution in [0.5, 0.6) is 0 Å². The molecule has 0 spiro atoms. The van der Waals surface area contributed by atoms with E-state index < -0.39 is 10.0 Å². The van der Waals surface area contributed by atoms with Crippen LogP contribution in [0.25, 0.3) is 0 Å². The monoisotopic (exact) mass is 449 g/mol. The van der Waals surface area contributed by atoms with Crippen molar-refractivity contribution in [3.8, 4) is 0 Å². The number of benzene rings is 1. The van der Waals surface area contributed by atoms with Gasteiger partial charge in [-0.15, -0.1) is 0 Å². The normalized spacial score (nSPS) is 26.6. The fourth-order valence-electron chi connectivity index (χ4n) is 4.94. The zero-order chi connectivity index (χ0) is 22.2. The summed E-state index contributed by atoms with van der Waals surface area (Å²) in [7, 11) is -3.71. The third-order valence-electron chi connectivity index (χ3n) is 6.53. The summed E-state index contributed by atoms with van der Waals surface area (Å²) in [6.45, 7) is 5.29. The standard InChI is InChI=1S/C22H31N3O5S/c1-15-11-18-12-20(7-8-21(18)25(15)16(2)26)31(28,29)24-9-3-5-17(14-24)22(27)23-13-19-6-4-10-30-19/h7-8,12,15,17,19H,3-6,9-11,13-14H2,1-2H3,(H,23,27)/t15-,17+,19+/m1/s1. The molecule has 1 N–H and O–H groups in total. The first-order chi connectivity index (χ1) is 14.8. The number of hydrogen-bond donors (Lipinski definition) is 1. The van der Waals surface area contributed by atoms with E-state index in [1.54, 1.807) is 23.1 Å². The maximum atomic E-state index is 13.3. The molecular formula is C22H31N3O5S. The van der Waals surface area contributed by atoms with Crippen LogP contribution in [0.4, 0.5) is 5.69 Å². The second-order valence-corrected chi connectivity index (χ2v) is 10.8. The highest BCUT2D eigenvalue weighted by Gasteiger charge is 2.35. The first-order valence-corrected chi connectivity index (χ1v) is 12.5. The average Bonchev–Trinajstić information content (AvgIpc) is 3.38. The lowest BCUT2D eigenvalue weighted by molar-refractivity contribution is -0.126. The molecule has 0 unspecified atom stereocenters. The summed E-state index contributed by atoms with van der Waals surface area (Å²) in [6.07, 6.45) is 3.99. The SMILES string of the molecule is CC(=O)N1c2ccc(S(=O)(=O)N3CCC[C@H](C(=O)NC[C@@H]4CCCO4)C3)cc2C[C@H]1C. The molecule has 2 saturated heterocycles. The van der Waals surface area contributed by atoms with Crippen LogP contribution < -0.4 is 10.2 Å². The van der Waals surface area contributed by atoms with E-state index >= 15 is 0 Å². The van der Waals surface area contributed by atoms with Gasteiger partial charge in [0.15, 0.2) is 0 Å². The lowest BCUT2D eigenvalue weighted by Crippen LogP contribution is -2.46. The third-order valence-corrected chi connectivity index (χ3v) is 8.39. The van der Waals surface area contributed by atoms with Gasteiger partial charge in [0.05, 0.1) is 16.9 Å². The predicted octanol–water partition coefficient (Wildman–Crippen LogP) is 1.68. The lowest BCUT2D eigenvalue weighted by Gasteiger charge is -2.31.